The summed E-state index contributed by atoms with van der Waals surface area (Å²) in [4.78, 5) is 42.1. The molecule has 0 saturated heterocycles. The van der Waals surface area contributed by atoms with Crippen molar-refractivity contribution in [3.8, 4) is 5.75 Å². The lowest BCUT2D eigenvalue weighted by Crippen LogP contribution is -2.42. The summed E-state index contributed by atoms with van der Waals surface area (Å²) in [6.45, 7) is 2.79. The molecule has 180 valence electrons. The third-order valence-electron chi connectivity index (χ3n) is 5.48. The van der Waals surface area contributed by atoms with Crippen LogP contribution in [0.2, 0.25) is 0 Å². The highest BCUT2D eigenvalue weighted by Gasteiger charge is 2.21. The first-order chi connectivity index (χ1) is 16.4. The molecule has 0 aliphatic rings. The lowest BCUT2D eigenvalue weighted by molar-refractivity contribution is -0.119. The number of methoxy groups -OCH3 is 1. The summed E-state index contributed by atoms with van der Waals surface area (Å²) >= 11 is 0. The van der Waals surface area contributed by atoms with Crippen LogP contribution >= 0.6 is 0 Å². The molecule has 0 aliphatic heterocycles. The number of carbonyl (C=O) groups is 1. The second-order valence-corrected chi connectivity index (χ2v) is 7.93. The quantitative estimate of drug-likeness (QED) is 0.399. The number of nitrogens with zero attached hydrogens (tertiary/aromatic N) is 2. The zero-order valence-electron chi connectivity index (χ0n) is 19.5. The van der Waals surface area contributed by atoms with Crippen LogP contribution in [0.15, 0.2) is 64.2 Å². The fourth-order valence-electron chi connectivity index (χ4n) is 3.71. The van der Waals surface area contributed by atoms with Gasteiger partial charge < -0.3 is 20.7 Å². The van der Waals surface area contributed by atoms with Gasteiger partial charge in [-0.15, -0.1) is 0 Å². The smallest absolute Gasteiger partial charge is 0.330 e. The van der Waals surface area contributed by atoms with E-state index in [2.05, 4.69) is 10.3 Å². The minimum atomic E-state index is -0.622. The fourth-order valence-corrected chi connectivity index (χ4v) is 3.71. The number of H-pyrrole nitrogens is 1. The molecule has 2 aromatic carbocycles. The molecule has 34 heavy (non-hydrogen) atoms. The molecule has 0 spiro atoms. The summed E-state index contributed by atoms with van der Waals surface area (Å²) < 4.78 is 6.69. The number of carbonyl (C=O) groups excluding carboxylic acids is 1. The van der Waals surface area contributed by atoms with Crippen molar-refractivity contribution in [2.24, 2.45) is 0 Å². The van der Waals surface area contributed by atoms with Gasteiger partial charge in [0.05, 0.1) is 13.7 Å². The highest BCUT2D eigenvalue weighted by Crippen LogP contribution is 2.20. The molecule has 9 heteroatoms. The zero-order valence-corrected chi connectivity index (χ0v) is 19.5. The maximum absolute atomic E-state index is 12.9. The number of anilines is 2. The number of hydrogen-bond donors (Lipinski definition) is 3. The fraction of sp³-hybridized carbons (Fsp3) is 0.320. The van der Waals surface area contributed by atoms with Crippen LogP contribution in [-0.2, 0) is 24.4 Å². The van der Waals surface area contributed by atoms with E-state index in [0.29, 0.717) is 12.3 Å². The van der Waals surface area contributed by atoms with Gasteiger partial charge in [0.15, 0.2) is 0 Å². The maximum Gasteiger partial charge on any atom is 0.330 e. The molecule has 0 radical (unpaired) electrons. The first-order valence-electron chi connectivity index (χ1n) is 11.2. The summed E-state index contributed by atoms with van der Waals surface area (Å²) in [5.41, 5.74) is 6.96. The number of para-hydroxylation sites is 1. The number of rotatable bonds is 11. The Labute approximate surface area is 198 Å². The van der Waals surface area contributed by atoms with Gasteiger partial charge in [-0.25, -0.2) is 4.79 Å². The number of nitrogens with two attached hydrogens (primary N) is 1. The van der Waals surface area contributed by atoms with Crippen LogP contribution in [0.3, 0.4) is 0 Å². The van der Waals surface area contributed by atoms with Crippen molar-refractivity contribution in [1.82, 2.24) is 14.9 Å². The molecule has 0 fully saturated rings. The number of amides is 1. The largest absolute Gasteiger partial charge is 0.496 e. The summed E-state index contributed by atoms with van der Waals surface area (Å²) in [6, 6.07) is 16.9. The average molecular weight is 466 g/mol. The Bertz CT molecular complexity index is 1220. The molecule has 1 heterocycles. The second-order valence-electron chi connectivity index (χ2n) is 7.93. The number of unbranched alkanes of at least 4 members (excludes halogenated alkanes) is 1. The van der Waals surface area contributed by atoms with Gasteiger partial charge in [0.2, 0.25) is 5.91 Å². The highest BCUT2D eigenvalue weighted by molar-refractivity contribution is 5.82. The molecular weight excluding hydrogens is 434 g/mol. The van der Waals surface area contributed by atoms with E-state index in [-0.39, 0.29) is 37.0 Å². The predicted molar refractivity (Wildman–Crippen MR) is 133 cm³/mol. The molecule has 0 aliphatic carbocycles. The standard InChI is InChI=1S/C25H31N5O4/c1-3-4-14-30-23(26)22(24(32)28-25(30)33)29(16-18-10-6-5-7-11-18)17-21(31)27-15-19-12-8-9-13-20(19)34-2/h5-13H,3-4,14-17,26H2,1-2H3,(H,27,31)(H,28,32,33). The Hall–Kier alpha value is -4.01. The maximum atomic E-state index is 12.9. The Kier molecular flexibility index (Phi) is 8.50. The van der Waals surface area contributed by atoms with Crippen molar-refractivity contribution in [3.63, 3.8) is 0 Å². The lowest BCUT2D eigenvalue weighted by atomic mass is 10.2. The van der Waals surface area contributed by atoms with Gasteiger partial charge in [-0.2, -0.15) is 0 Å². The molecule has 1 aromatic heterocycles. The van der Waals surface area contributed by atoms with Crippen LogP contribution in [0.25, 0.3) is 0 Å². The Morgan fingerprint density at radius 1 is 1.12 bits per heavy atom. The molecule has 0 atom stereocenters. The van der Waals surface area contributed by atoms with Crippen LogP contribution < -0.4 is 31.9 Å². The topological polar surface area (TPSA) is 122 Å². The lowest BCUT2D eigenvalue weighted by Gasteiger charge is -2.26. The van der Waals surface area contributed by atoms with Crippen molar-refractivity contribution in [2.75, 3.05) is 24.3 Å². The van der Waals surface area contributed by atoms with Crippen molar-refractivity contribution in [3.05, 3.63) is 86.6 Å². The molecular formula is C25H31N5O4. The van der Waals surface area contributed by atoms with Crippen LogP contribution in [0, 0.1) is 0 Å². The highest BCUT2D eigenvalue weighted by atomic mass is 16.5. The number of aromatic nitrogens is 2. The molecule has 4 N–H and O–H groups in total. The van der Waals surface area contributed by atoms with Crippen LogP contribution in [0.4, 0.5) is 11.5 Å². The third kappa shape index (κ3) is 6.06. The first kappa shape index (κ1) is 24.6. The van der Waals surface area contributed by atoms with E-state index >= 15 is 0 Å². The number of nitrogen functional groups attached to an aromatic ring is 1. The Morgan fingerprint density at radius 3 is 2.53 bits per heavy atom. The number of ether oxygens (including phenoxy) is 1. The molecule has 9 nitrogen and oxygen atoms in total. The minimum absolute atomic E-state index is 0.0515. The van der Waals surface area contributed by atoms with Crippen LogP contribution in [0.5, 0.6) is 5.75 Å². The van der Waals surface area contributed by atoms with Gasteiger partial charge >= 0.3 is 5.69 Å². The van der Waals surface area contributed by atoms with Gasteiger partial charge in [-0.05, 0) is 18.1 Å². The van der Waals surface area contributed by atoms with E-state index in [1.807, 2.05) is 61.5 Å². The van der Waals surface area contributed by atoms with E-state index in [9.17, 15) is 14.4 Å². The van der Waals surface area contributed by atoms with Gasteiger partial charge in [0, 0.05) is 25.2 Å². The molecule has 1 amide bonds. The third-order valence-corrected chi connectivity index (χ3v) is 5.48. The van der Waals surface area contributed by atoms with Crippen molar-refractivity contribution in [2.45, 2.75) is 39.4 Å². The number of aromatic amines is 1. The number of benzene rings is 2. The first-order valence-corrected chi connectivity index (χ1v) is 11.2. The van der Waals surface area contributed by atoms with E-state index in [4.69, 9.17) is 10.5 Å². The molecule has 0 bridgehead atoms. The zero-order chi connectivity index (χ0) is 24.5. The second kappa shape index (κ2) is 11.7. The number of hydrogen-bond acceptors (Lipinski definition) is 6. The van der Waals surface area contributed by atoms with E-state index in [1.54, 1.807) is 12.0 Å². The van der Waals surface area contributed by atoms with Gasteiger partial charge in [0.25, 0.3) is 5.56 Å². The van der Waals surface area contributed by atoms with Crippen molar-refractivity contribution in [1.29, 1.82) is 0 Å². The van der Waals surface area contributed by atoms with E-state index in [1.165, 1.54) is 4.57 Å². The van der Waals surface area contributed by atoms with Gasteiger partial charge in [-0.1, -0.05) is 61.9 Å². The molecule has 0 unspecified atom stereocenters. The molecule has 3 aromatic rings. The molecule has 3 rings (SSSR count). The number of nitrogens with one attached hydrogen (secondary N) is 2. The van der Waals surface area contributed by atoms with Crippen LogP contribution in [0.1, 0.15) is 30.9 Å². The van der Waals surface area contributed by atoms with E-state index < -0.39 is 11.2 Å². The van der Waals surface area contributed by atoms with Crippen molar-refractivity contribution < 1.29 is 9.53 Å². The van der Waals surface area contributed by atoms with E-state index in [0.717, 1.165) is 24.0 Å². The Morgan fingerprint density at radius 2 is 1.82 bits per heavy atom. The van der Waals surface area contributed by atoms with Crippen molar-refractivity contribution >= 4 is 17.4 Å². The van der Waals surface area contributed by atoms with Gasteiger partial charge in [-0.3, -0.25) is 19.1 Å². The van der Waals surface area contributed by atoms with Crippen LogP contribution in [-0.4, -0.2) is 29.1 Å². The molecule has 0 saturated carbocycles. The summed E-state index contributed by atoms with van der Waals surface area (Å²) in [5, 5.41) is 2.88. The predicted octanol–water partition coefficient (Wildman–Crippen LogP) is 2.25. The average Bonchev–Trinajstić information content (AvgIpc) is 2.83. The Balaban J connectivity index is 1.89. The summed E-state index contributed by atoms with van der Waals surface area (Å²) in [6.07, 6.45) is 1.59. The monoisotopic (exact) mass is 465 g/mol. The normalized spacial score (nSPS) is 10.6. The summed E-state index contributed by atoms with van der Waals surface area (Å²) in [5.74, 6) is 0.426. The van der Waals surface area contributed by atoms with Gasteiger partial charge in [0.1, 0.15) is 17.3 Å². The minimum Gasteiger partial charge on any atom is -0.496 e. The summed E-state index contributed by atoms with van der Waals surface area (Å²) in [7, 11) is 1.57. The SMILES string of the molecule is CCCCn1c(N)c(N(CC(=O)NCc2ccccc2OC)Cc2ccccc2)c(=O)[nH]c1=O.